The van der Waals surface area contributed by atoms with Crippen LogP contribution in [0.15, 0.2) is 24.3 Å². The number of carbonyl (C=O) groups is 2. The van der Waals surface area contributed by atoms with Gasteiger partial charge in [0.05, 0.1) is 18.4 Å². The zero-order valence-electron chi connectivity index (χ0n) is 14.5. The number of hydrogen-bond acceptors (Lipinski definition) is 4. The Labute approximate surface area is 147 Å². The molecule has 2 fully saturated rings. The maximum Gasteiger partial charge on any atom is 0.307 e. The monoisotopic (exact) mass is 347 g/mol. The second-order valence-corrected chi connectivity index (χ2v) is 6.85. The third-order valence-corrected chi connectivity index (χ3v) is 5.27. The molecule has 1 heterocycles. The molecule has 1 saturated heterocycles. The van der Waals surface area contributed by atoms with Crippen molar-refractivity contribution < 1.29 is 24.2 Å². The number of nitrogens with one attached hydrogen (secondary N) is 1. The van der Waals surface area contributed by atoms with Gasteiger partial charge in [0, 0.05) is 25.2 Å². The van der Waals surface area contributed by atoms with E-state index in [1.807, 2.05) is 19.1 Å². The molecule has 2 aliphatic rings. The summed E-state index contributed by atoms with van der Waals surface area (Å²) in [6, 6.07) is 8.03. The van der Waals surface area contributed by atoms with Crippen LogP contribution in [0.2, 0.25) is 0 Å². The summed E-state index contributed by atoms with van der Waals surface area (Å²) in [6.07, 6.45) is 2.10. The minimum Gasteiger partial charge on any atom is -0.494 e. The van der Waals surface area contributed by atoms with Gasteiger partial charge in [-0.15, -0.1) is 0 Å². The lowest BCUT2D eigenvalue weighted by molar-refractivity contribution is -0.140. The van der Waals surface area contributed by atoms with Crippen LogP contribution in [0.5, 0.6) is 5.75 Å². The third kappa shape index (κ3) is 3.95. The van der Waals surface area contributed by atoms with Gasteiger partial charge < -0.3 is 19.9 Å². The second kappa shape index (κ2) is 7.44. The van der Waals surface area contributed by atoms with Crippen LogP contribution in [0.4, 0.5) is 0 Å². The first-order chi connectivity index (χ1) is 12.1. The van der Waals surface area contributed by atoms with E-state index in [2.05, 4.69) is 17.4 Å². The lowest BCUT2D eigenvalue weighted by atomic mass is 9.74. The molecule has 1 amide bonds. The van der Waals surface area contributed by atoms with Gasteiger partial charge in [0.25, 0.3) is 0 Å². The first-order valence-electron chi connectivity index (χ1n) is 8.87. The van der Waals surface area contributed by atoms with Crippen LogP contribution >= 0.6 is 0 Å². The Morgan fingerprint density at radius 1 is 1.24 bits per heavy atom. The molecule has 0 spiro atoms. The van der Waals surface area contributed by atoms with Gasteiger partial charge >= 0.3 is 5.97 Å². The minimum atomic E-state index is -0.882. The van der Waals surface area contributed by atoms with E-state index in [1.165, 1.54) is 0 Å². The van der Waals surface area contributed by atoms with Crippen molar-refractivity contribution in [3.05, 3.63) is 29.8 Å². The van der Waals surface area contributed by atoms with Crippen molar-refractivity contribution >= 4 is 11.9 Å². The third-order valence-electron chi connectivity index (χ3n) is 5.27. The highest BCUT2D eigenvalue weighted by atomic mass is 16.5. The molecule has 136 valence electrons. The smallest absolute Gasteiger partial charge is 0.307 e. The fourth-order valence-electron chi connectivity index (χ4n) is 3.55. The number of carboxylic acid groups (broad SMARTS) is 1. The van der Waals surface area contributed by atoms with Gasteiger partial charge in [0.15, 0.2) is 0 Å². The molecule has 6 heteroatoms. The number of aliphatic carboxylic acids is 1. The molecular weight excluding hydrogens is 322 g/mol. The van der Waals surface area contributed by atoms with Crippen LogP contribution in [-0.4, -0.2) is 43.3 Å². The lowest BCUT2D eigenvalue weighted by Crippen LogP contribution is -2.45. The zero-order valence-corrected chi connectivity index (χ0v) is 14.5. The topological polar surface area (TPSA) is 84.9 Å². The highest BCUT2D eigenvalue weighted by molar-refractivity contribution is 5.89. The first-order valence-corrected chi connectivity index (χ1v) is 8.87. The van der Waals surface area contributed by atoms with E-state index in [4.69, 9.17) is 14.6 Å². The molecule has 1 aliphatic carbocycles. The largest absolute Gasteiger partial charge is 0.494 e. The second-order valence-electron chi connectivity index (χ2n) is 6.85. The van der Waals surface area contributed by atoms with Crippen molar-refractivity contribution in [3.8, 4) is 5.75 Å². The molecule has 25 heavy (non-hydrogen) atoms. The van der Waals surface area contributed by atoms with Gasteiger partial charge in [-0.25, -0.2) is 0 Å². The van der Waals surface area contributed by atoms with Gasteiger partial charge in [0.2, 0.25) is 5.91 Å². The van der Waals surface area contributed by atoms with Crippen molar-refractivity contribution in [1.29, 1.82) is 0 Å². The van der Waals surface area contributed by atoms with Crippen molar-refractivity contribution in [2.75, 3.05) is 26.4 Å². The Kier molecular flexibility index (Phi) is 5.27. The molecule has 0 aromatic heterocycles. The fraction of sp³-hybridized carbons (Fsp3) is 0.579. The van der Waals surface area contributed by atoms with Crippen molar-refractivity contribution in [2.24, 2.45) is 11.8 Å². The molecule has 1 aromatic carbocycles. The number of benzene rings is 1. The molecule has 1 aromatic rings. The van der Waals surface area contributed by atoms with Crippen LogP contribution in [0.3, 0.4) is 0 Å². The Hall–Kier alpha value is -2.08. The number of carbonyl (C=O) groups excluding carboxylic acids is 1. The van der Waals surface area contributed by atoms with E-state index in [0.717, 1.165) is 24.2 Å². The highest BCUT2D eigenvalue weighted by Gasteiger charge is 2.48. The average Bonchev–Trinajstić information content (AvgIpc) is 3.43. The Bertz CT molecular complexity index is 621. The summed E-state index contributed by atoms with van der Waals surface area (Å²) in [6.45, 7) is 4.40. The van der Waals surface area contributed by atoms with E-state index in [1.54, 1.807) is 0 Å². The average molecular weight is 347 g/mol. The molecule has 1 saturated carbocycles. The van der Waals surface area contributed by atoms with Gasteiger partial charge in [-0.2, -0.15) is 0 Å². The summed E-state index contributed by atoms with van der Waals surface area (Å²) >= 11 is 0. The van der Waals surface area contributed by atoms with Gasteiger partial charge in [-0.3, -0.25) is 9.59 Å². The summed E-state index contributed by atoms with van der Waals surface area (Å²) in [5.74, 6) is -1.10. The summed E-state index contributed by atoms with van der Waals surface area (Å²) in [4.78, 5) is 23.2. The van der Waals surface area contributed by atoms with Crippen LogP contribution in [0.1, 0.15) is 31.7 Å². The summed E-state index contributed by atoms with van der Waals surface area (Å²) in [7, 11) is 0. The summed E-state index contributed by atoms with van der Waals surface area (Å²) in [5.41, 5.74) is 0.983. The zero-order chi connectivity index (χ0) is 17.9. The SMILES string of the molecule is CCOc1ccc(C2(CNC(=O)[C@H]3C[C@@H]3C(=O)O)CCOCC2)cc1. The molecule has 3 rings (SSSR count). The normalized spacial score (nSPS) is 24.4. The quantitative estimate of drug-likeness (QED) is 0.788. The molecule has 0 radical (unpaired) electrons. The molecule has 0 bridgehead atoms. The molecule has 1 aliphatic heterocycles. The van der Waals surface area contributed by atoms with Crippen LogP contribution < -0.4 is 10.1 Å². The predicted molar refractivity (Wildman–Crippen MR) is 91.6 cm³/mol. The minimum absolute atomic E-state index is 0.149. The van der Waals surface area contributed by atoms with E-state index in [0.29, 0.717) is 32.8 Å². The highest BCUT2D eigenvalue weighted by Crippen LogP contribution is 2.40. The van der Waals surface area contributed by atoms with Crippen LogP contribution in [0, 0.1) is 11.8 Å². The number of carboxylic acids is 1. The molecule has 2 atom stereocenters. The number of hydrogen-bond donors (Lipinski definition) is 2. The maximum absolute atomic E-state index is 12.2. The van der Waals surface area contributed by atoms with Crippen LogP contribution in [0.25, 0.3) is 0 Å². The Balaban J connectivity index is 1.68. The lowest BCUT2D eigenvalue weighted by Gasteiger charge is -2.38. The van der Waals surface area contributed by atoms with E-state index in [-0.39, 0.29) is 17.2 Å². The molecule has 0 unspecified atom stereocenters. The maximum atomic E-state index is 12.2. The van der Waals surface area contributed by atoms with Gasteiger partial charge in [0.1, 0.15) is 5.75 Å². The fourth-order valence-corrected chi connectivity index (χ4v) is 3.55. The Morgan fingerprint density at radius 3 is 2.48 bits per heavy atom. The Morgan fingerprint density at radius 2 is 1.92 bits per heavy atom. The number of rotatable bonds is 7. The van der Waals surface area contributed by atoms with Gasteiger partial charge in [-0.1, -0.05) is 12.1 Å². The number of ether oxygens (including phenoxy) is 2. The van der Waals surface area contributed by atoms with E-state index >= 15 is 0 Å². The molecular formula is C19H25NO5. The van der Waals surface area contributed by atoms with Gasteiger partial charge in [-0.05, 0) is 43.9 Å². The van der Waals surface area contributed by atoms with Crippen LogP contribution in [-0.2, 0) is 19.7 Å². The molecule has 6 nitrogen and oxygen atoms in total. The standard InChI is InChI=1S/C19H25NO5/c1-2-25-14-5-3-13(4-6-14)19(7-9-24-10-8-19)12-20-17(21)15-11-16(15)18(22)23/h3-6,15-16H,2,7-12H2,1H3,(H,20,21)(H,22,23)/t15-,16-/m0/s1. The first kappa shape index (κ1) is 17.7. The predicted octanol–water partition coefficient (Wildman–Crippen LogP) is 1.97. The summed E-state index contributed by atoms with van der Waals surface area (Å²) in [5, 5.41) is 12.0. The van der Waals surface area contributed by atoms with E-state index < -0.39 is 11.9 Å². The van der Waals surface area contributed by atoms with Crippen molar-refractivity contribution in [2.45, 2.75) is 31.6 Å². The number of amides is 1. The van der Waals surface area contributed by atoms with E-state index in [9.17, 15) is 9.59 Å². The van der Waals surface area contributed by atoms with Crippen molar-refractivity contribution in [1.82, 2.24) is 5.32 Å². The van der Waals surface area contributed by atoms with Crippen molar-refractivity contribution in [3.63, 3.8) is 0 Å². The summed E-state index contributed by atoms with van der Waals surface area (Å²) < 4.78 is 11.0. The molecule has 2 N–H and O–H groups in total.